The third-order valence-corrected chi connectivity index (χ3v) is 2.96. The normalized spacial score (nSPS) is 10.4. The van der Waals surface area contributed by atoms with Crippen molar-refractivity contribution < 1.29 is 13.9 Å². The lowest BCUT2D eigenvalue weighted by Crippen LogP contribution is -2.08. The Morgan fingerprint density at radius 2 is 1.65 bits per heavy atom. The Morgan fingerprint density at radius 1 is 0.950 bits per heavy atom. The second-order valence-electron chi connectivity index (χ2n) is 4.17. The highest BCUT2D eigenvalue weighted by molar-refractivity contribution is 5.82. The Bertz CT molecular complexity index is 819. The minimum absolute atomic E-state index is 0.0927. The van der Waals surface area contributed by atoms with Crippen molar-refractivity contribution in [3.63, 3.8) is 0 Å². The number of benzene rings is 2. The van der Waals surface area contributed by atoms with Crippen molar-refractivity contribution in [1.29, 1.82) is 0 Å². The van der Waals surface area contributed by atoms with Crippen molar-refractivity contribution in [2.24, 2.45) is 0 Å². The lowest BCUT2D eigenvalue weighted by Gasteiger charge is -2.07. The number of hydrogen-bond acceptors (Lipinski definition) is 4. The molecule has 4 heteroatoms. The van der Waals surface area contributed by atoms with Gasteiger partial charge in [0.2, 0.25) is 11.2 Å². The molecule has 4 nitrogen and oxygen atoms in total. The van der Waals surface area contributed by atoms with Gasteiger partial charge in [-0.2, -0.15) is 0 Å². The number of para-hydroxylation sites is 1. The molecule has 0 N–H and O–H groups in total. The molecule has 0 fully saturated rings. The molecule has 0 saturated heterocycles. The van der Waals surface area contributed by atoms with Gasteiger partial charge in [-0.25, -0.2) is 0 Å². The van der Waals surface area contributed by atoms with E-state index in [-0.39, 0.29) is 23.4 Å². The van der Waals surface area contributed by atoms with Crippen LogP contribution in [0.3, 0.4) is 0 Å². The van der Waals surface area contributed by atoms with Gasteiger partial charge in [0.15, 0.2) is 5.76 Å². The van der Waals surface area contributed by atoms with E-state index in [2.05, 4.69) is 0 Å². The van der Waals surface area contributed by atoms with Gasteiger partial charge in [0.05, 0.1) is 5.39 Å². The van der Waals surface area contributed by atoms with Crippen molar-refractivity contribution in [3.05, 3.63) is 64.8 Å². The average molecular weight is 266 g/mol. The second kappa shape index (κ2) is 5.01. The zero-order valence-corrected chi connectivity index (χ0v) is 10.4. The fourth-order valence-corrected chi connectivity index (χ4v) is 2.06. The number of carbonyl (C=O) groups excluding carboxylic acids is 1. The first-order chi connectivity index (χ1) is 9.81. The van der Waals surface area contributed by atoms with E-state index in [1.165, 1.54) is 0 Å². The fraction of sp³-hybridized carbons (Fsp3) is 0. The molecule has 0 radical (unpaired) electrons. The number of hydrogen-bond donors (Lipinski definition) is 0. The summed E-state index contributed by atoms with van der Waals surface area (Å²) in [4.78, 5) is 23.0. The SMILES string of the molecule is O=COc1c(-c2ccccc2)oc2ccccc2c1=O. The topological polar surface area (TPSA) is 56.5 Å². The first kappa shape index (κ1) is 12.2. The molecule has 0 aliphatic rings. The van der Waals surface area contributed by atoms with Gasteiger partial charge < -0.3 is 9.15 Å². The minimum atomic E-state index is -0.363. The molecule has 98 valence electrons. The summed E-state index contributed by atoms with van der Waals surface area (Å²) < 4.78 is 10.6. The molecule has 3 rings (SSSR count). The predicted molar refractivity (Wildman–Crippen MR) is 74.6 cm³/mol. The average Bonchev–Trinajstić information content (AvgIpc) is 2.51. The highest BCUT2D eigenvalue weighted by Gasteiger charge is 2.17. The Morgan fingerprint density at radius 3 is 2.40 bits per heavy atom. The van der Waals surface area contributed by atoms with E-state index >= 15 is 0 Å². The highest BCUT2D eigenvalue weighted by atomic mass is 16.5. The van der Waals surface area contributed by atoms with Crippen LogP contribution in [0, 0.1) is 0 Å². The van der Waals surface area contributed by atoms with E-state index in [1.54, 1.807) is 36.4 Å². The molecule has 3 aromatic rings. The first-order valence-electron chi connectivity index (χ1n) is 6.03. The highest BCUT2D eigenvalue weighted by Crippen LogP contribution is 2.30. The number of fused-ring (bicyclic) bond motifs is 1. The van der Waals surface area contributed by atoms with Crippen LogP contribution in [0.25, 0.3) is 22.3 Å². The zero-order chi connectivity index (χ0) is 13.9. The van der Waals surface area contributed by atoms with Crippen LogP contribution in [-0.4, -0.2) is 6.47 Å². The smallest absolute Gasteiger partial charge is 0.298 e. The first-order valence-corrected chi connectivity index (χ1v) is 6.03. The van der Waals surface area contributed by atoms with Crippen LogP contribution in [0.2, 0.25) is 0 Å². The largest absolute Gasteiger partial charge is 0.452 e. The van der Waals surface area contributed by atoms with Crippen molar-refractivity contribution in [3.8, 4) is 17.1 Å². The monoisotopic (exact) mass is 266 g/mol. The van der Waals surface area contributed by atoms with Crippen LogP contribution in [0.5, 0.6) is 5.75 Å². The maximum atomic E-state index is 12.4. The fourth-order valence-electron chi connectivity index (χ4n) is 2.06. The molecular formula is C16H10O4. The molecule has 1 heterocycles. The Labute approximate surface area is 114 Å². The maximum Gasteiger partial charge on any atom is 0.298 e. The van der Waals surface area contributed by atoms with Crippen LogP contribution < -0.4 is 10.2 Å². The summed E-state index contributed by atoms with van der Waals surface area (Å²) in [6.45, 7) is 0.230. The van der Waals surface area contributed by atoms with Crippen molar-refractivity contribution in [2.75, 3.05) is 0 Å². The van der Waals surface area contributed by atoms with Crippen LogP contribution in [-0.2, 0) is 4.79 Å². The lowest BCUT2D eigenvalue weighted by atomic mass is 10.1. The van der Waals surface area contributed by atoms with Gasteiger partial charge in [-0.15, -0.1) is 0 Å². The number of rotatable bonds is 3. The molecule has 0 aliphatic heterocycles. The second-order valence-corrected chi connectivity index (χ2v) is 4.17. The van der Waals surface area contributed by atoms with E-state index in [0.29, 0.717) is 16.5 Å². The molecule has 2 aromatic carbocycles. The minimum Gasteiger partial charge on any atom is -0.452 e. The van der Waals surface area contributed by atoms with Crippen molar-refractivity contribution in [2.45, 2.75) is 0 Å². The molecule has 0 spiro atoms. The number of carbonyl (C=O) groups is 1. The third kappa shape index (κ3) is 1.97. The molecule has 0 saturated carbocycles. The number of ether oxygens (including phenoxy) is 1. The molecule has 0 atom stereocenters. The quantitative estimate of drug-likeness (QED) is 0.684. The summed E-state index contributed by atoms with van der Waals surface area (Å²) in [5.74, 6) is 0.159. The lowest BCUT2D eigenvalue weighted by molar-refractivity contribution is -0.120. The summed E-state index contributed by atoms with van der Waals surface area (Å²) in [6.07, 6.45) is 0. The van der Waals surface area contributed by atoms with Gasteiger partial charge >= 0.3 is 0 Å². The summed E-state index contributed by atoms with van der Waals surface area (Å²) in [5.41, 5.74) is 0.764. The molecular weight excluding hydrogens is 256 g/mol. The summed E-state index contributed by atoms with van der Waals surface area (Å²) in [5, 5.41) is 0.379. The van der Waals surface area contributed by atoms with Crippen LogP contribution in [0.1, 0.15) is 0 Å². The van der Waals surface area contributed by atoms with Crippen LogP contribution in [0.4, 0.5) is 0 Å². The molecule has 0 bridgehead atoms. The van der Waals surface area contributed by atoms with Crippen LogP contribution in [0.15, 0.2) is 63.8 Å². The molecule has 0 aliphatic carbocycles. The molecule has 0 amide bonds. The predicted octanol–water partition coefficient (Wildman–Crippen LogP) is 3.00. The Balaban J connectivity index is 2.38. The Hall–Kier alpha value is -2.88. The van der Waals surface area contributed by atoms with E-state index in [0.717, 1.165) is 0 Å². The van der Waals surface area contributed by atoms with E-state index in [9.17, 15) is 9.59 Å². The van der Waals surface area contributed by atoms with Crippen LogP contribution >= 0.6 is 0 Å². The summed E-state index contributed by atoms with van der Waals surface area (Å²) in [7, 11) is 0. The zero-order valence-electron chi connectivity index (χ0n) is 10.4. The summed E-state index contributed by atoms with van der Waals surface area (Å²) in [6, 6.07) is 15.9. The van der Waals surface area contributed by atoms with Gasteiger partial charge in [0, 0.05) is 5.56 Å². The van der Waals surface area contributed by atoms with Gasteiger partial charge in [0.25, 0.3) is 6.47 Å². The molecule has 20 heavy (non-hydrogen) atoms. The van der Waals surface area contributed by atoms with E-state index in [4.69, 9.17) is 9.15 Å². The standard InChI is InChI=1S/C16H10O4/c17-10-19-16-14(18)12-8-4-5-9-13(12)20-15(16)11-6-2-1-3-7-11/h1-10H. The van der Waals surface area contributed by atoms with Gasteiger partial charge in [0.1, 0.15) is 5.58 Å². The van der Waals surface area contributed by atoms with E-state index < -0.39 is 0 Å². The van der Waals surface area contributed by atoms with E-state index in [1.807, 2.05) is 18.2 Å². The van der Waals surface area contributed by atoms with Gasteiger partial charge in [-0.05, 0) is 12.1 Å². The molecule has 0 unspecified atom stereocenters. The third-order valence-electron chi connectivity index (χ3n) is 2.96. The van der Waals surface area contributed by atoms with Gasteiger partial charge in [-0.1, -0.05) is 42.5 Å². The summed E-state index contributed by atoms with van der Waals surface area (Å²) >= 11 is 0. The van der Waals surface area contributed by atoms with Crippen molar-refractivity contribution >= 4 is 17.4 Å². The Kier molecular flexibility index (Phi) is 3.05. The van der Waals surface area contributed by atoms with Crippen molar-refractivity contribution in [1.82, 2.24) is 0 Å². The molecule has 1 aromatic heterocycles. The maximum absolute atomic E-state index is 12.4. The van der Waals surface area contributed by atoms with Gasteiger partial charge in [-0.3, -0.25) is 9.59 Å².